The molecule has 1 fully saturated rings. The number of carbonyl (C=O) groups is 4. The lowest BCUT2D eigenvalue weighted by Crippen LogP contribution is -2.58. The molecule has 0 N–H and O–H groups in total. The van der Waals surface area contributed by atoms with E-state index < -0.39 is 48.5 Å². The van der Waals surface area contributed by atoms with Crippen molar-refractivity contribution in [2.45, 2.75) is 104 Å². The van der Waals surface area contributed by atoms with E-state index in [1.54, 1.807) is 0 Å². The summed E-state index contributed by atoms with van der Waals surface area (Å²) in [6, 6.07) is 0. The average Bonchev–Trinajstić information content (AvgIpc) is 2.67. The zero-order valence-electron chi connectivity index (χ0n) is 18.3. The zero-order chi connectivity index (χ0) is 22.5. The van der Waals surface area contributed by atoms with Crippen molar-refractivity contribution in [3.63, 3.8) is 0 Å². The van der Waals surface area contributed by atoms with Crippen LogP contribution in [0.25, 0.3) is 0 Å². The lowest BCUT2D eigenvalue weighted by Gasteiger charge is -2.40. The minimum Gasteiger partial charge on any atom is -0.456 e. The van der Waals surface area contributed by atoms with Crippen molar-refractivity contribution in [3.8, 4) is 0 Å². The molecular formula is C21H34O9. The van der Waals surface area contributed by atoms with E-state index in [1.165, 1.54) is 0 Å². The van der Waals surface area contributed by atoms with Crippen molar-refractivity contribution in [1.29, 1.82) is 0 Å². The maximum atomic E-state index is 12.2. The Morgan fingerprint density at radius 1 is 0.633 bits per heavy atom. The van der Waals surface area contributed by atoms with Crippen LogP contribution >= 0.6 is 0 Å². The van der Waals surface area contributed by atoms with E-state index >= 15 is 0 Å². The lowest BCUT2D eigenvalue weighted by atomic mass is 10.0. The molecule has 4 atom stereocenters. The number of rotatable bonds is 12. The molecule has 1 unspecified atom stereocenters. The van der Waals surface area contributed by atoms with E-state index in [9.17, 15) is 19.2 Å². The number of carbonyl (C=O) groups excluding carboxylic acids is 4. The van der Waals surface area contributed by atoms with Crippen LogP contribution in [-0.2, 0) is 42.9 Å². The highest BCUT2D eigenvalue weighted by Crippen LogP contribution is 2.26. The van der Waals surface area contributed by atoms with Crippen LogP contribution in [-0.4, -0.2) is 55.1 Å². The maximum absolute atomic E-state index is 12.2. The van der Waals surface area contributed by atoms with Gasteiger partial charge in [-0.05, 0) is 25.7 Å². The number of hydrogen-bond acceptors (Lipinski definition) is 9. The van der Waals surface area contributed by atoms with Crippen LogP contribution in [0.15, 0.2) is 0 Å². The summed E-state index contributed by atoms with van der Waals surface area (Å²) in [4.78, 5) is 48.4. The molecule has 172 valence electrons. The van der Waals surface area contributed by atoms with E-state index in [0.717, 1.165) is 0 Å². The molecule has 0 saturated carbocycles. The van der Waals surface area contributed by atoms with E-state index in [-0.39, 0.29) is 32.3 Å². The Morgan fingerprint density at radius 2 is 1.03 bits per heavy atom. The van der Waals surface area contributed by atoms with Gasteiger partial charge in [-0.15, -0.1) is 0 Å². The van der Waals surface area contributed by atoms with Crippen LogP contribution in [0.1, 0.15) is 79.1 Å². The number of hydrogen-bond donors (Lipinski definition) is 0. The van der Waals surface area contributed by atoms with Crippen LogP contribution in [0.2, 0.25) is 0 Å². The average molecular weight is 430 g/mol. The molecule has 1 heterocycles. The van der Waals surface area contributed by atoms with E-state index in [1.807, 2.05) is 27.7 Å². The van der Waals surface area contributed by atoms with Gasteiger partial charge in [-0.1, -0.05) is 27.7 Å². The van der Waals surface area contributed by atoms with Gasteiger partial charge in [-0.2, -0.15) is 0 Å². The first-order chi connectivity index (χ1) is 14.4. The maximum Gasteiger partial charge on any atom is 0.308 e. The highest BCUT2D eigenvalue weighted by atomic mass is 16.7. The molecule has 0 aliphatic carbocycles. The first-order valence-corrected chi connectivity index (χ1v) is 10.8. The van der Waals surface area contributed by atoms with Crippen molar-refractivity contribution in [1.82, 2.24) is 0 Å². The third kappa shape index (κ3) is 8.69. The van der Waals surface area contributed by atoms with Gasteiger partial charge in [0.15, 0.2) is 12.2 Å². The summed E-state index contributed by atoms with van der Waals surface area (Å²) >= 11 is 0. The van der Waals surface area contributed by atoms with Gasteiger partial charge in [0.25, 0.3) is 0 Å². The molecule has 0 bridgehead atoms. The summed E-state index contributed by atoms with van der Waals surface area (Å²) in [6.45, 7) is 7.12. The molecule has 30 heavy (non-hydrogen) atoms. The Morgan fingerprint density at radius 3 is 1.50 bits per heavy atom. The van der Waals surface area contributed by atoms with Crippen LogP contribution in [0, 0.1) is 0 Å². The molecule has 0 radical (unpaired) electrons. The summed E-state index contributed by atoms with van der Waals surface area (Å²) in [5, 5.41) is 0. The molecule has 1 aliphatic heterocycles. The molecule has 9 heteroatoms. The van der Waals surface area contributed by atoms with Gasteiger partial charge in [0.1, 0.15) is 0 Å². The van der Waals surface area contributed by atoms with Gasteiger partial charge >= 0.3 is 23.9 Å². The summed E-state index contributed by atoms with van der Waals surface area (Å²) < 4.78 is 27.3. The molecule has 0 aromatic heterocycles. The van der Waals surface area contributed by atoms with Gasteiger partial charge < -0.3 is 23.7 Å². The van der Waals surface area contributed by atoms with E-state index in [4.69, 9.17) is 23.7 Å². The third-order valence-corrected chi connectivity index (χ3v) is 4.27. The minimum atomic E-state index is -1.26. The highest BCUT2D eigenvalue weighted by molar-refractivity contribution is 5.72. The van der Waals surface area contributed by atoms with Gasteiger partial charge in [-0.25, -0.2) is 0 Å². The second kappa shape index (κ2) is 14.0. The van der Waals surface area contributed by atoms with Crippen molar-refractivity contribution in [2.24, 2.45) is 0 Å². The zero-order valence-corrected chi connectivity index (χ0v) is 18.3. The van der Waals surface area contributed by atoms with E-state index in [2.05, 4.69) is 0 Å². The molecule has 0 amide bonds. The Kier molecular flexibility index (Phi) is 12.0. The predicted octanol–water partition coefficient (Wildman–Crippen LogP) is 2.82. The Bertz CT molecular complexity index is 525. The van der Waals surface area contributed by atoms with Gasteiger partial charge in [0.05, 0.1) is 6.61 Å². The minimum absolute atomic E-state index is 0.127. The Labute approximate surface area is 177 Å². The molecule has 9 nitrogen and oxygen atoms in total. The topological polar surface area (TPSA) is 114 Å². The first kappa shape index (κ1) is 25.9. The second-order valence-electron chi connectivity index (χ2n) is 7.13. The molecule has 1 saturated heterocycles. The number of ether oxygens (including phenoxy) is 5. The predicted molar refractivity (Wildman–Crippen MR) is 105 cm³/mol. The quantitative estimate of drug-likeness (QED) is 0.340. The smallest absolute Gasteiger partial charge is 0.308 e. The van der Waals surface area contributed by atoms with Crippen molar-refractivity contribution in [3.05, 3.63) is 0 Å². The van der Waals surface area contributed by atoms with Crippen molar-refractivity contribution >= 4 is 23.9 Å². The Balaban J connectivity index is 3.12. The molecular weight excluding hydrogens is 396 g/mol. The molecule has 1 aliphatic rings. The van der Waals surface area contributed by atoms with E-state index in [0.29, 0.717) is 25.7 Å². The van der Waals surface area contributed by atoms with Crippen molar-refractivity contribution in [2.75, 3.05) is 6.61 Å². The highest BCUT2D eigenvalue weighted by Gasteiger charge is 2.49. The van der Waals surface area contributed by atoms with Crippen LogP contribution in [0.5, 0.6) is 0 Å². The largest absolute Gasteiger partial charge is 0.456 e. The van der Waals surface area contributed by atoms with Crippen LogP contribution in [0.3, 0.4) is 0 Å². The SMILES string of the molecule is CCCC(=O)OC1OC[C@@H](OC(=O)CCC)[C@H](OC(=O)CCC)[C@H]1OC(=O)CCC. The number of esters is 4. The molecule has 1 rings (SSSR count). The van der Waals surface area contributed by atoms with Crippen LogP contribution < -0.4 is 0 Å². The summed E-state index contributed by atoms with van der Waals surface area (Å²) in [7, 11) is 0. The molecule has 0 aromatic rings. The molecule has 0 aromatic carbocycles. The fraction of sp³-hybridized carbons (Fsp3) is 0.810. The Hall–Kier alpha value is -2.16. The normalized spacial score (nSPS) is 23.3. The standard InChI is InChI=1S/C21H34O9/c1-5-9-15(22)27-14-13-26-21(30-18(25)12-8-4)20(29-17(24)11-7-3)19(14)28-16(23)10-6-2/h14,19-21H,5-13H2,1-4H3/t14-,19+,20-,21?/m1/s1. The van der Waals surface area contributed by atoms with Gasteiger partial charge in [0.2, 0.25) is 12.4 Å². The van der Waals surface area contributed by atoms with Gasteiger partial charge in [-0.3, -0.25) is 19.2 Å². The first-order valence-electron chi connectivity index (χ1n) is 10.8. The second-order valence-corrected chi connectivity index (χ2v) is 7.13. The summed E-state index contributed by atoms with van der Waals surface area (Å²) in [5.74, 6) is -2.10. The lowest BCUT2D eigenvalue weighted by molar-refractivity contribution is -0.275. The van der Waals surface area contributed by atoms with Crippen LogP contribution in [0.4, 0.5) is 0 Å². The van der Waals surface area contributed by atoms with Crippen molar-refractivity contribution < 1.29 is 42.9 Å². The monoisotopic (exact) mass is 430 g/mol. The fourth-order valence-corrected chi connectivity index (χ4v) is 2.87. The molecule has 0 spiro atoms. The van der Waals surface area contributed by atoms with Gasteiger partial charge in [0, 0.05) is 25.7 Å². The summed E-state index contributed by atoms with van der Waals surface area (Å²) in [6.07, 6.45) is -1.76. The third-order valence-electron chi connectivity index (χ3n) is 4.27. The summed E-state index contributed by atoms with van der Waals surface area (Å²) in [5.41, 5.74) is 0. The fourth-order valence-electron chi connectivity index (χ4n) is 2.87.